The third-order valence-electron chi connectivity index (χ3n) is 2.13. The molecule has 2 aromatic rings. The highest BCUT2D eigenvalue weighted by Crippen LogP contribution is 2.13. The summed E-state index contributed by atoms with van der Waals surface area (Å²) in [6, 6.07) is 0. The molecule has 2 aromatic heterocycles. The normalized spacial score (nSPS) is 10.8. The molecule has 6 nitrogen and oxygen atoms in total. The highest BCUT2D eigenvalue weighted by atomic mass is 16.5. The number of aromatic nitrogens is 4. The van der Waals surface area contributed by atoms with Crippen LogP contribution in [0.15, 0.2) is 18.6 Å². The van der Waals surface area contributed by atoms with Crippen molar-refractivity contribution in [2.75, 3.05) is 5.73 Å². The van der Waals surface area contributed by atoms with Crippen molar-refractivity contribution < 1.29 is 4.74 Å². The van der Waals surface area contributed by atoms with E-state index in [-0.39, 0.29) is 6.10 Å². The molecule has 6 heteroatoms. The van der Waals surface area contributed by atoms with Crippen LogP contribution >= 0.6 is 0 Å². The van der Waals surface area contributed by atoms with Crippen LogP contribution in [0.25, 0.3) is 5.82 Å². The summed E-state index contributed by atoms with van der Waals surface area (Å²) in [4.78, 5) is 8.36. The predicted molar refractivity (Wildman–Crippen MR) is 64.1 cm³/mol. The highest BCUT2D eigenvalue weighted by molar-refractivity contribution is 5.38. The number of anilines is 1. The first kappa shape index (κ1) is 11.4. The van der Waals surface area contributed by atoms with E-state index in [1.54, 1.807) is 23.3 Å². The van der Waals surface area contributed by atoms with E-state index in [2.05, 4.69) is 15.1 Å². The molecule has 2 heterocycles. The number of hydrogen-bond acceptors (Lipinski definition) is 5. The quantitative estimate of drug-likeness (QED) is 0.865. The number of nitrogen functional groups attached to an aromatic ring is 1. The maximum absolute atomic E-state index is 5.69. The van der Waals surface area contributed by atoms with Gasteiger partial charge < -0.3 is 10.5 Å². The van der Waals surface area contributed by atoms with E-state index in [0.717, 1.165) is 5.56 Å². The molecule has 0 amide bonds. The first-order valence-electron chi connectivity index (χ1n) is 5.37. The Morgan fingerprint density at radius 3 is 2.71 bits per heavy atom. The number of nitrogens with zero attached hydrogens (tertiary/aromatic N) is 4. The summed E-state index contributed by atoms with van der Waals surface area (Å²) in [5, 5.41) is 4.14. The van der Waals surface area contributed by atoms with Gasteiger partial charge in [-0.25, -0.2) is 4.68 Å². The van der Waals surface area contributed by atoms with Crippen molar-refractivity contribution in [2.45, 2.75) is 26.9 Å². The Hall–Kier alpha value is -2.11. The Morgan fingerprint density at radius 2 is 2.12 bits per heavy atom. The van der Waals surface area contributed by atoms with Gasteiger partial charge in [0, 0.05) is 11.8 Å². The molecule has 0 fully saturated rings. The lowest BCUT2D eigenvalue weighted by Gasteiger charge is -2.08. The largest absolute Gasteiger partial charge is 0.474 e. The van der Waals surface area contributed by atoms with Crippen LogP contribution in [-0.2, 0) is 0 Å². The molecule has 0 unspecified atom stereocenters. The summed E-state index contributed by atoms with van der Waals surface area (Å²) in [5.41, 5.74) is 6.59. The molecule has 0 aliphatic carbocycles. The lowest BCUT2D eigenvalue weighted by atomic mass is 10.4. The lowest BCUT2D eigenvalue weighted by molar-refractivity contribution is 0.231. The van der Waals surface area contributed by atoms with E-state index in [0.29, 0.717) is 17.5 Å². The molecule has 2 N–H and O–H groups in total. The van der Waals surface area contributed by atoms with Crippen LogP contribution in [-0.4, -0.2) is 25.9 Å². The molecule has 2 rings (SSSR count). The maximum atomic E-state index is 5.69. The molecule has 0 saturated heterocycles. The van der Waals surface area contributed by atoms with Crippen LogP contribution < -0.4 is 10.5 Å². The molecular formula is C11H15N5O. The average Bonchev–Trinajstić information content (AvgIpc) is 2.59. The van der Waals surface area contributed by atoms with Gasteiger partial charge in [0.05, 0.1) is 18.5 Å². The summed E-state index contributed by atoms with van der Waals surface area (Å²) in [7, 11) is 0. The van der Waals surface area contributed by atoms with Crippen molar-refractivity contribution in [3.8, 4) is 11.7 Å². The number of ether oxygens (including phenoxy) is 1. The van der Waals surface area contributed by atoms with Gasteiger partial charge in [0.15, 0.2) is 5.82 Å². The number of aryl methyl sites for hydroxylation is 1. The SMILES string of the molecule is Cc1cn(-c2cncc(OC(C)C)n2)nc1N. The van der Waals surface area contributed by atoms with Crippen molar-refractivity contribution in [1.29, 1.82) is 0 Å². The van der Waals surface area contributed by atoms with Crippen molar-refractivity contribution >= 4 is 5.82 Å². The summed E-state index contributed by atoms with van der Waals surface area (Å²) in [6.07, 6.45) is 5.05. The van der Waals surface area contributed by atoms with Crippen LogP contribution in [0, 0.1) is 6.92 Å². The average molecular weight is 233 g/mol. The van der Waals surface area contributed by atoms with Gasteiger partial charge in [-0.1, -0.05) is 0 Å². The summed E-state index contributed by atoms with van der Waals surface area (Å²) in [6.45, 7) is 5.76. The molecule has 0 saturated carbocycles. The minimum Gasteiger partial charge on any atom is -0.474 e. The maximum Gasteiger partial charge on any atom is 0.234 e. The monoisotopic (exact) mass is 233 g/mol. The zero-order valence-corrected chi connectivity index (χ0v) is 10.1. The number of nitrogens with two attached hydrogens (primary N) is 1. The first-order valence-corrected chi connectivity index (χ1v) is 5.37. The van der Waals surface area contributed by atoms with E-state index < -0.39 is 0 Å². The van der Waals surface area contributed by atoms with E-state index >= 15 is 0 Å². The van der Waals surface area contributed by atoms with Gasteiger partial charge >= 0.3 is 0 Å². The number of rotatable bonds is 3. The predicted octanol–water partition coefficient (Wildman–Crippen LogP) is 1.34. The molecule has 90 valence electrons. The van der Waals surface area contributed by atoms with Gasteiger partial charge in [0.25, 0.3) is 0 Å². The molecule has 17 heavy (non-hydrogen) atoms. The second-order valence-electron chi connectivity index (χ2n) is 4.02. The highest BCUT2D eigenvalue weighted by Gasteiger charge is 2.07. The molecule has 0 spiro atoms. The van der Waals surface area contributed by atoms with E-state index in [1.165, 1.54) is 0 Å². The zero-order chi connectivity index (χ0) is 12.4. The second kappa shape index (κ2) is 4.40. The molecule has 0 atom stereocenters. The third kappa shape index (κ3) is 2.52. The fourth-order valence-electron chi connectivity index (χ4n) is 1.34. The fraction of sp³-hybridized carbons (Fsp3) is 0.364. The third-order valence-corrected chi connectivity index (χ3v) is 2.13. The Bertz CT molecular complexity index is 501. The van der Waals surface area contributed by atoms with Crippen molar-refractivity contribution in [1.82, 2.24) is 19.7 Å². The molecular weight excluding hydrogens is 218 g/mol. The first-order chi connectivity index (χ1) is 8.06. The van der Waals surface area contributed by atoms with Gasteiger partial charge in [0.2, 0.25) is 5.88 Å². The number of hydrogen-bond donors (Lipinski definition) is 1. The zero-order valence-electron chi connectivity index (χ0n) is 10.1. The fourth-order valence-corrected chi connectivity index (χ4v) is 1.34. The Kier molecular flexibility index (Phi) is 2.95. The topological polar surface area (TPSA) is 78.8 Å². The minimum atomic E-state index is 0.0592. The van der Waals surface area contributed by atoms with E-state index in [4.69, 9.17) is 10.5 Å². The lowest BCUT2D eigenvalue weighted by Crippen LogP contribution is -2.09. The smallest absolute Gasteiger partial charge is 0.234 e. The Labute approximate surface area is 99.4 Å². The van der Waals surface area contributed by atoms with Gasteiger partial charge in [-0.3, -0.25) is 4.98 Å². The Balaban J connectivity index is 2.32. The van der Waals surface area contributed by atoms with Crippen LogP contribution in [0.5, 0.6) is 5.88 Å². The van der Waals surface area contributed by atoms with Crippen LogP contribution in [0.2, 0.25) is 0 Å². The standard InChI is InChI=1S/C11H15N5O/c1-7(2)17-10-5-13-4-9(14-10)16-6-8(3)11(12)15-16/h4-7H,1-3H3,(H2,12,15). The molecule has 0 bridgehead atoms. The molecule has 0 radical (unpaired) electrons. The van der Waals surface area contributed by atoms with Gasteiger partial charge in [-0.05, 0) is 20.8 Å². The van der Waals surface area contributed by atoms with E-state index in [9.17, 15) is 0 Å². The van der Waals surface area contributed by atoms with Crippen LogP contribution in [0.1, 0.15) is 19.4 Å². The molecule has 0 aromatic carbocycles. The van der Waals surface area contributed by atoms with Crippen LogP contribution in [0.4, 0.5) is 5.82 Å². The van der Waals surface area contributed by atoms with Gasteiger partial charge in [-0.2, -0.15) is 4.98 Å². The van der Waals surface area contributed by atoms with E-state index in [1.807, 2.05) is 20.8 Å². The van der Waals surface area contributed by atoms with Crippen molar-refractivity contribution in [3.63, 3.8) is 0 Å². The van der Waals surface area contributed by atoms with Crippen molar-refractivity contribution in [2.24, 2.45) is 0 Å². The van der Waals surface area contributed by atoms with Gasteiger partial charge in [-0.15, -0.1) is 5.10 Å². The van der Waals surface area contributed by atoms with Crippen LogP contribution in [0.3, 0.4) is 0 Å². The summed E-state index contributed by atoms with van der Waals surface area (Å²) < 4.78 is 7.06. The molecule has 0 aliphatic rings. The second-order valence-corrected chi connectivity index (χ2v) is 4.02. The Morgan fingerprint density at radius 1 is 1.35 bits per heavy atom. The van der Waals surface area contributed by atoms with Crippen molar-refractivity contribution in [3.05, 3.63) is 24.2 Å². The summed E-state index contributed by atoms with van der Waals surface area (Å²) in [5.74, 6) is 1.55. The van der Waals surface area contributed by atoms with Gasteiger partial charge in [0.1, 0.15) is 5.82 Å². The molecule has 0 aliphatic heterocycles. The summed E-state index contributed by atoms with van der Waals surface area (Å²) >= 11 is 0. The minimum absolute atomic E-state index is 0.0592.